The average Bonchev–Trinajstić information content (AvgIpc) is 2.96. The van der Waals surface area contributed by atoms with Crippen molar-refractivity contribution in [2.45, 2.75) is 19.1 Å². The fourth-order valence-corrected chi connectivity index (χ4v) is 4.77. The van der Waals surface area contributed by atoms with Crippen molar-refractivity contribution in [1.29, 1.82) is 0 Å². The number of imidazole rings is 1. The van der Waals surface area contributed by atoms with Crippen LogP contribution in [0.25, 0.3) is 16.6 Å². The summed E-state index contributed by atoms with van der Waals surface area (Å²) in [5.74, 6) is -2.64. The summed E-state index contributed by atoms with van der Waals surface area (Å²) in [5, 5.41) is -0.0138. The average molecular weight is 456 g/mol. The quantitative estimate of drug-likeness (QED) is 0.633. The Morgan fingerprint density at radius 3 is 2.40 bits per heavy atom. The van der Waals surface area contributed by atoms with Crippen molar-refractivity contribution in [2.24, 2.45) is 0 Å². The molecule has 11 heteroatoms. The number of nitrogens with two attached hydrogens (primary N) is 1. The summed E-state index contributed by atoms with van der Waals surface area (Å²) in [7, 11) is -7.66. The van der Waals surface area contributed by atoms with Gasteiger partial charge in [-0.25, -0.2) is 34.6 Å². The summed E-state index contributed by atoms with van der Waals surface area (Å²) in [6.45, 7) is 2.95. The molecular formula is C19H19F2N3O4S2. The van der Waals surface area contributed by atoms with Crippen LogP contribution in [-0.2, 0) is 19.9 Å². The lowest BCUT2D eigenvalue weighted by Gasteiger charge is -2.13. The van der Waals surface area contributed by atoms with Crippen LogP contribution < -0.4 is 5.73 Å². The molecule has 160 valence electrons. The molecule has 1 heterocycles. The second kappa shape index (κ2) is 7.47. The third kappa shape index (κ3) is 3.94. The molecule has 0 radical (unpaired) electrons. The molecule has 0 amide bonds. The number of nitrogen functional groups attached to an aromatic ring is 1. The normalized spacial score (nSPS) is 13.3. The molecule has 0 unspecified atom stereocenters. The third-order valence-electron chi connectivity index (χ3n) is 4.37. The SMILES string of the molecule is CC(C)S(=O)(=O)n1c(N)nc2ccc(/C(=C\S(C)(=O)=O)c3cccc(F)c3F)cc21. The van der Waals surface area contributed by atoms with Crippen LogP contribution in [-0.4, -0.2) is 37.3 Å². The first-order valence-electron chi connectivity index (χ1n) is 8.72. The summed E-state index contributed by atoms with van der Waals surface area (Å²) >= 11 is 0. The predicted molar refractivity (Wildman–Crippen MR) is 112 cm³/mol. The highest BCUT2D eigenvalue weighted by Gasteiger charge is 2.25. The number of anilines is 1. The minimum absolute atomic E-state index is 0.0925. The zero-order chi connectivity index (χ0) is 22.4. The molecule has 1 aromatic heterocycles. The van der Waals surface area contributed by atoms with Gasteiger partial charge in [0, 0.05) is 22.8 Å². The number of hydrogen-bond donors (Lipinski definition) is 1. The molecule has 0 aliphatic carbocycles. The molecule has 0 saturated carbocycles. The van der Waals surface area contributed by atoms with E-state index < -0.39 is 36.7 Å². The number of nitrogens with zero attached hydrogens (tertiary/aromatic N) is 2. The third-order valence-corrected chi connectivity index (χ3v) is 7.12. The van der Waals surface area contributed by atoms with Crippen LogP contribution >= 0.6 is 0 Å². The molecule has 0 aliphatic rings. The Hall–Kier alpha value is -2.79. The van der Waals surface area contributed by atoms with Gasteiger partial charge in [0.05, 0.1) is 16.3 Å². The van der Waals surface area contributed by atoms with Crippen molar-refractivity contribution in [2.75, 3.05) is 12.0 Å². The molecule has 0 atom stereocenters. The Bertz CT molecular complexity index is 1390. The first-order chi connectivity index (χ1) is 13.8. The van der Waals surface area contributed by atoms with Gasteiger partial charge < -0.3 is 5.73 Å². The Morgan fingerprint density at radius 2 is 1.80 bits per heavy atom. The van der Waals surface area contributed by atoms with E-state index >= 15 is 0 Å². The molecular weight excluding hydrogens is 436 g/mol. The second-order valence-corrected chi connectivity index (χ2v) is 11.2. The monoisotopic (exact) mass is 455 g/mol. The number of halogens is 2. The first kappa shape index (κ1) is 21.9. The van der Waals surface area contributed by atoms with Crippen molar-refractivity contribution in [3.8, 4) is 0 Å². The van der Waals surface area contributed by atoms with Gasteiger partial charge in [0.2, 0.25) is 16.0 Å². The highest BCUT2D eigenvalue weighted by atomic mass is 32.2. The van der Waals surface area contributed by atoms with Gasteiger partial charge >= 0.3 is 0 Å². The van der Waals surface area contributed by atoms with Crippen LogP contribution in [0, 0.1) is 11.6 Å². The summed E-state index contributed by atoms with van der Waals surface area (Å²) in [6.07, 6.45) is 0.911. The maximum absolute atomic E-state index is 14.5. The number of fused-ring (bicyclic) bond motifs is 1. The van der Waals surface area contributed by atoms with Crippen LogP contribution in [0.5, 0.6) is 0 Å². The van der Waals surface area contributed by atoms with Crippen molar-refractivity contribution < 1.29 is 25.6 Å². The minimum atomic E-state index is -3.89. The van der Waals surface area contributed by atoms with Gasteiger partial charge in [-0.15, -0.1) is 0 Å². The summed E-state index contributed by atoms with van der Waals surface area (Å²) < 4.78 is 78.5. The molecule has 30 heavy (non-hydrogen) atoms. The Balaban J connectivity index is 2.37. The van der Waals surface area contributed by atoms with Crippen molar-refractivity contribution in [3.63, 3.8) is 0 Å². The molecule has 7 nitrogen and oxygen atoms in total. The van der Waals surface area contributed by atoms with E-state index in [1.807, 2.05) is 0 Å². The van der Waals surface area contributed by atoms with E-state index in [4.69, 9.17) is 5.73 Å². The molecule has 3 aromatic rings. The highest BCUT2D eigenvalue weighted by Crippen LogP contribution is 2.31. The number of rotatable bonds is 5. The standard InChI is InChI=1S/C19H19F2N3O4S2/c1-11(2)30(27,28)24-17-9-12(7-8-16(17)23-19(24)22)14(10-29(3,25)26)13-5-4-6-15(20)18(13)21/h4-11H,1-3H3,(H2,22,23)/b14-10+. The van der Waals surface area contributed by atoms with E-state index in [0.717, 1.165) is 21.7 Å². The number of benzene rings is 2. The molecule has 0 saturated heterocycles. The lowest BCUT2D eigenvalue weighted by atomic mass is 9.98. The fourth-order valence-electron chi connectivity index (χ4n) is 2.93. The molecule has 2 N–H and O–H groups in total. The zero-order valence-corrected chi connectivity index (χ0v) is 17.9. The van der Waals surface area contributed by atoms with E-state index in [-0.39, 0.29) is 33.7 Å². The second-order valence-electron chi connectivity index (χ2n) is 6.99. The maximum atomic E-state index is 14.5. The molecule has 3 rings (SSSR count). The molecule has 0 fully saturated rings. The van der Waals surface area contributed by atoms with Crippen LogP contribution in [0.15, 0.2) is 41.8 Å². The van der Waals surface area contributed by atoms with Gasteiger partial charge in [0.1, 0.15) is 0 Å². The van der Waals surface area contributed by atoms with Crippen molar-refractivity contribution in [3.05, 3.63) is 64.6 Å². The van der Waals surface area contributed by atoms with E-state index in [1.165, 1.54) is 44.2 Å². The Labute approximate surface area is 172 Å². The molecule has 0 spiro atoms. The van der Waals surface area contributed by atoms with Gasteiger partial charge in [-0.2, -0.15) is 0 Å². The molecule has 2 aromatic carbocycles. The number of aromatic nitrogens is 2. The zero-order valence-electron chi connectivity index (χ0n) is 16.3. The minimum Gasteiger partial charge on any atom is -0.368 e. The highest BCUT2D eigenvalue weighted by molar-refractivity contribution is 7.93. The van der Waals surface area contributed by atoms with E-state index in [9.17, 15) is 25.6 Å². The van der Waals surface area contributed by atoms with Gasteiger partial charge in [-0.05, 0) is 37.6 Å². The molecule has 0 bridgehead atoms. The van der Waals surface area contributed by atoms with E-state index in [2.05, 4.69) is 4.98 Å². The van der Waals surface area contributed by atoms with Crippen LogP contribution in [0.2, 0.25) is 0 Å². The Morgan fingerprint density at radius 1 is 1.13 bits per heavy atom. The lowest BCUT2D eigenvalue weighted by Crippen LogP contribution is -2.23. The first-order valence-corrected chi connectivity index (χ1v) is 12.2. The topological polar surface area (TPSA) is 112 Å². The van der Waals surface area contributed by atoms with Crippen molar-refractivity contribution in [1.82, 2.24) is 8.96 Å². The summed E-state index contributed by atoms with van der Waals surface area (Å²) in [5.41, 5.74) is 5.88. The molecule has 0 aliphatic heterocycles. The smallest absolute Gasteiger partial charge is 0.244 e. The van der Waals surface area contributed by atoms with E-state index in [0.29, 0.717) is 0 Å². The fraction of sp³-hybridized carbons (Fsp3) is 0.211. The Kier molecular flexibility index (Phi) is 5.46. The van der Waals surface area contributed by atoms with Crippen molar-refractivity contribution >= 4 is 42.4 Å². The maximum Gasteiger partial charge on any atom is 0.244 e. The lowest BCUT2D eigenvalue weighted by molar-refractivity contribution is 0.506. The van der Waals surface area contributed by atoms with E-state index in [1.54, 1.807) is 0 Å². The largest absolute Gasteiger partial charge is 0.368 e. The summed E-state index contributed by atoms with van der Waals surface area (Å²) in [6, 6.07) is 7.58. The summed E-state index contributed by atoms with van der Waals surface area (Å²) in [4.78, 5) is 4.03. The van der Waals surface area contributed by atoms with Crippen LogP contribution in [0.4, 0.5) is 14.7 Å². The van der Waals surface area contributed by atoms with Gasteiger partial charge in [0.25, 0.3) is 0 Å². The number of hydrogen-bond acceptors (Lipinski definition) is 6. The van der Waals surface area contributed by atoms with Gasteiger partial charge in [-0.1, -0.05) is 18.2 Å². The van der Waals surface area contributed by atoms with Gasteiger partial charge in [-0.3, -0.25) is 0 Å². The number of sulfone groups is 1. The van der Waals surface area contributed by atoms with Crippen LogP contribution in [0.1, 0.15) is 25.0 Å². The van der Waals surface area contributed by atoms with Crippen LogP contribution in [0.3, 0.4) is 0 Å². The van der Waals surface area contributed by atoms with Gasteiger partial charge in [0.15, 0.2) is 21.5 Å². The predicted octanol–water partition coefficient (Wildman–Crippen LogP) is 2.92.